The topological polar surface area (TPSA) is 90.1 Å². The summed E-state index contributed by atoms with van der Waals surface area (Å²) in [5.74, 6) is 1.10. The van der Waals surface area contributed by atoms with Gasteiger partial charge in [0.1, 0.15) is 5.60 Å². The molecular weight excluding hydrogens is 308 g/mol. The van der Waals surface area contributed by atoms with Crippen LogP contribution in [0.3, 0.4) is 0 Å². The van der Waals surface area contributed by atoms with Crippen molar-refractivity contribution >= 4 is 6.09 Å². The highest BCUT2D eigenvalue weighted by Gasteiger charge is 2.18. The van der Waals surface area contributed by atoms with Crippen LogP contribution >= 0.6 is 0 Å². The molecule has 2 heterocycles. The minimum atomic E-state index is -0.515. The number of nitrogens with zero attached hydrogens (tertiary/aromatic N) is 3. The molecule has 0 spiro atoms. The molecule has 2 rings (SSSR count). The molecule has 2 aromatic rings. The van der Waals surface area contributed by atoms with Gasteiger partial charge >= 0.3 is 6.09 Å². The number of hydrogen-bond acceptors (Lipinski definition) is 6. The fraction of sp³-hybridized carbons (Fsp3) is 0.529. The van der Waals surface area contributed by atoms with Crippen LogP contribution in [0.2, 0.25) is 0 Å². The van der Waals surface area contributed by atoms with Crippen molar-refractivity contribution < 1.29 is 14.1 Å². The highest BCUT2D eigenvalue weighted by atomic mass is 16.6. The van der Waals surface area contributed by atoms with Crippen molar-refractivity contribution in [3.05, 3.63) is 41.8 Å². The van der Waals surface area contributed by atoms with Gasteiger partial charge in [-0.3, -0.25) is 4.98 Å². The Balaban J connectivity index is 1.80. The van der Waals surface area contributed by atoms with Gasteiger partial charge in [-0.1, -0.05) is 18.1 Å². The molecule has 0 aromatic carbocycles. The van der Waals surface area contributed by atoms with Crippen molar-refractivity contribution in [2.75, 3.05) is 6.54 Å². The molecule has 1 amide bonds. The number of carbonyl (C=O) groups is 1. The normalized spacial score (nSPS) is 12.7. The average Bonchev–Trinajstić information content (AvgIpc) is 2.99. The Hall–Kier alpha value is -2.44. The van der Waals surface area contributed by atoms with E-state index in [4.69, 9.17) is 9.26 Å². The van der Waals surface area contributed by atoms with Gasteiger partial charge in [0.2, 0.25) is 5.89 Å². The molecule has 0 saturated heterocycles. The van der Waals surface area contributed by atoms with E-state index in [1.807, 2.05) is 46.0 Å². The number of amides is 1. The van der Waals surface area contributed by atoms with Gasteiger partial charge in [-0.05, 0) is 38.8 Å². The van der Waals surface area contributed by atoms with E-state index in [-0.39, 0.29) is 5.92 Å². The maximum Gasteiger partial charge on any atom is 0.407 e. The zero-order chi connectivity index (χ0) is 17.6. The monoisotopic (exact) mass is 332 g/mol. The van der Waals surface area contributed by atoms with Gasteiger partial charge in [0.25, 0.3) is 0 Å². The van der Waals surface area contributed by atoms with Crippen LogP contribution in [0.25, 0.3) is 0 Å². The summed E-state index contributed by atoms with van der Waals surface area (Å²) in [5, 5.41) is 6.70. The van der Waals surface area contributed by atoms with E-state index in [9.17, 15) is 4.79 Å². The van der Waals surface area contributed by atoms with Crippen molar-refractivity contribution in [2.24, 2.45) is 0 Å². The van der Waals surface area contributed by atoms with Gasteiger partial charge < -0.3 is 14.6 Å². The molecule has 7 heteroatoms. The van der Waals surface area contributed by atoms with Crippen LogP contribution in [0.4, 0.5) is 4.79 Å². The second-order valence-electron chi connectivity index (χ2n) is 6.69. The highest BCUT2D eigenvalue weighted by Crippen LogP contribution is 2.13. The van der Waals surface area contributed by atoms with Crippen molar-refractivity contribution in [3.63, 3.8) is 0 Å². The first kappa shape index (κ1) is 17.9. The third-order valence-corrected chi connectivity index (χ3v) is 3.23. The maximum absolute atomic E-state index is 11.7. The molecule has 2 aromatic heterocycles. The summed E-state index contributed by atoms with van der Waals surface area (Å²) in [5.41, 5.74) is 0.607. The summed E-state index contributed by atoms with van der Waals surface area (Å²) >= 11 is 0. The minimum Gasteiger partial charge on any atom is -0.444 e. The quantitative estimate of drug-likeness (QED) is 0.875. The summed E-state index contributed by atoms with van der Waals surface area (Å²) in [7, 11) is 0. The molecule has 1 N–H and O–H groups in total. The van der Waals surface area contributed by atoms with E-state index in [0.717, 1.165) is 12.0 Å². The summed E-state index contributed by atoms with van der Waals surface area (Å²) in [6, 6.07) is 3.91. The molecule has 0 radical (unpaired) electrons. The lowest BCUT2D eigenvalue weighted by Crippen LogP contribution is -2.34. The summed E-state index contributed by atoms with van der Waals surface area (Å²) in [6.45, 7) is 7.78. The van der Waals surface area contributed by atoms with E-state index < -0.39 is 11.7 Å². The first-order valence-corrected chi connectivity index (χ1v) is 8.02. The van der Waals surface area contributed by atoms with Crippen LogP contribution in [0.15, 0.2) is 29.0 Å². The Labute approximate surface area is 141 Å². The van der Waals surface area contributed by atoms with E-state index in [1.165, 1.54) is 0 Å². The van der Waals surface area contributed by atoms with Gasteiger partial charge in [-0.25, -0.2) is 4.79 Å². The third-order valence-electron chi connectivity index (χ3n) is 3.23. The second kappa shape index (κ2) is 7.90. The Morgan fingerprint density at radius 1 is 1.38 bits per heavy atom. The molecule has 1 unspecified atom stereocenters. The Kier molecular flexibility index (Phi) is 5.89. The van der Waals surface area contributed by atoms with Crippen molar-refractivity contribution in [1.82, 2.24) is 20.4 Å². The molecule has 0 bridgehead atoms. The lowest BCUT2D eigenvalue weighted by atomic mass is 10.1. The number of carbonyl (C=O) groups excluding carboxylic acids is 1. The fourth-order valence-corrected chi connectivity index (χ4v) is 2.01. The van der Waals surface area contributed by atoms with Gasteiger partial charge in [0.05, 0.1) is 0 Å². The van der Waals surface area contributed by atoms with Crippen LogP contribution in [-0.2, 0) is 17.6 Å². The van der Waals surface area contributed by atoms with Crippen molar-refractivity contribution in [2.45, 2.75) is 52.1 Å². The molecule has 0 aliphatic heterocycles. The lowest BCUT2D eigenvalue weighted by molar-refractivity contribution is 0.0524. The largest absolute Gasteiger partial charge is 0.444 e. The number of alkyl carbamates (subject to hydrolysis) is 1. The van der Waals surface area contributed by atoms with Gasteiger partial charge in [0, 0.05) is 31.3 Å². The van der Waals surface area contributed by atoms with Gasteiger partial charge in [-0.15, -0.1) is 0 Å². The highest BCUT2D eigenvalue weighted by molar-refractivity contribution is 5.67. The Bertz CT molecular complexity index is 649. The van der Waals surface area contributed by atoms with Crippen LogP contribution in [0.1, 0.15) is 50.9 Å². The van der Waals surface area contributed by atoms with Crippen LogP contribution < -0.4 is 5.32 Å². The van der Waals surface area contributed by atoms with E-state index in [1.54, 1.807) is 6.20 Å². The summed E-state index contributed by atoms with van der Waals surface area (Å²) in [4.78, 5) is 20.1. The Morgan fingerprint density at radius 2 is 2.17 bits per heavy atom. The van der Waals surface area contributed by atoms with E-state index >= 15 is 0 Å². The number of aromatic nitrogens is 3. The molecule has 130 valence electrons. The van der Waals surface area contributed by atoms with Crippen molar-refractivity contribution in [3.8, 4) is 0 Å². The number of pyridine rings is 1. The zero-order valence-corrected chi connectivity index (χ0v) is 14.6. The van der Waals surface area contributed by atoms with E-state index in [2.05, 4.69) is 20.4 Å². The zero-order valence-electron chi connectivity index (χ0n) is 14.6. The smallest absolute Gasteiger partial charge is 0.407 e. The second-order valence-corrected chi connectivity index (χ2v) is 6.69. The molecule has 7 nitrogen and oxygen atoms in total. The number of hydrogen-bond donors (Lipinski definition) is 1. The predicted molar refractivity (Wildman–Crippen MR) is 88.6 cm³/mol. The SMILES string of the molecule is CC(CNC(=O)OC(C)(C)C)c1noc(CCc2cccnc2)n1. The summed E-state index contributed by atoms with van der Waals surface area (Å²) in [6.07, 6.45) is 4.57. The summed E-state index contributed by atoms with van der Waals surface area (Å²) < 4.78 is 10.5. The maximum atomic E-state index is 11.7. The van der Waals surface area contributed by atoms with Gasteiger partial charge in [-0.2, -0.15) is 4.98 Å². The lowest BCUT2D eigenvalue weighted by Gasteiger charge is -2.20. The molecular formula is C17H24N4O3. The number of aryl methyl sites for hydroxylation is 2. The fourth-order valence-electron chi connectivity index (χ4n) is 2.01. The standard InChI is InChI=1S/C17H24N4O3/c1-12(10-19-16(22)23-17(2,3)4)15-20-14(24-21-15)8-7-13-6-5-9-18-11-13/h5-6,9,11-12H,7-8,10H2,1-4H3,(H,19,22). The molecule has 1 atom stereocenters. The number of nitrogens with one attached hydrogen (secondary N) is 1. The molecule has 0 aliphatic carbocycles. The predicted octanol–water partition coefficient (Wildman–Crippen LogP) is 2.88. The van der Waals surface area contributed by atoms with Crippen LogP contribution in [0.5, 0.6) is 0 Å². The third kappa shape index (κ3) is 5.98. The first-order chi connectivity index (χ1) is 11.3. The van der Waals surface area contributed by atoms with Crippen LogP contribution in [0, 0.1) is 0 Å². The number of ether oxygens (including phenoxy) is 1. The number of rotatable bonds is 6. The molecule has 0 aliphatic rings. The van der Waals surface area contributed by atoms with Crippen molar-refractivity contribution in [1.29, 1.82) is 0 Å². The minimum absolute atomic E-state index is 0.0617. The van der Waals surface area contributed by atoms with Crippen LogP contribution in [-0.4, -0.2) is 33.4 Å². The average molecular weight is 332 g/mol. The molecule has 0 fully saturated rings. The van der Waals surface area contributed by atoms with E-state index in [0.29, 0.717) is 24.7 Å². The first-order valence-electron chi connectivity index (χ1n) is 8.02. The molecule has 0 saturated carbocycles. The van der Waals surface area contributed by atoms with Gasteiger partial charge in [0.15, 0.2) is 5.82 Å². The molecule has 24 heavy (non-hydrogen) atoms. The Morgan fingerprint density at radius 3 is 2.83 bits per heavy atom.